The zero-order chi connectivity index (χ0) is 5.86. The predicted molar refractivity (Wildman–Crippen MR) is 36.3 cm³/mol. The molecule has 0 fully saturated rings. The molecule has 38 valence electrons. The SMILES string of the molecule is C#CC(C)C(C)=S. The van der Waals surface area contributed by atoms with Crippen molar-refractivity contribution in [3.05, 3.63) is 0 Å². The summed E-state index contributed by atoms with van der Waals surface area (Å²) in [7, 11) is 0. The summed E-state index contributed by atoms with van der Waals surface area (Å²) in [4.78, 5) is 0.891. The summed E-state index contributed by atoms with van der Waals surface area (Å²) in [5, 5.41) is 0. The van der Waals surface area contributed by atoms with Crippen LogP contribution in [-0.2, 0) is 0 Å². The van der Waals surface area contributed by atoms with Crippen LogP contribution < -0.4 is 0 Å². The van der Waals surface area contributed by atoms with Crippen molar-refractivity contribution in [3.8, 4) is 12.3 Å². The zero-order valence-electron chi connectivity index (χ0n) is 4.56. The largest absolute Gasteiger partial charge is 0.119 e. The van der Waals surface area contributed by atoms with Gasteiger partial charge in [-0.1, -0.05) is 18.1 Å². The zero-order valence-corrected chi connectivity index (χ0v) is 5.38. The van der Waals surface area contributed by atoms with Gasteiger partial charge >= 0.3 is 0 Å². The van der Waals surface area contributed by atoms with Gasteiger partial charge in [0.1, 0.15) is 0 Å². The van der Waals surface area contributed by atoms with Crippen molar-refractivity contribution in [2.24, 2.45) is 5.92 Å². The van der Waals surface area contributed by atoms with E-state index in [0.29, 0.717) is 0 Å². The lowest BCUT2D eigenvalue weighted by atomic mass is 10.1. The molecule has 0 nitrogen and oxygen atoms in total. The molecule has 0 amide bonds. The van der Waals surface area contributed by atoms with Gasteiger partial charge in [-0.25, -0.2) is 0 Å². The average molecular weight is 112 g/mol. The molecule has 1 unspecified atom stereocenters. The normalized spacial score (nSPS) is 12.1. The second-order valence-electron chi connectivity index (χ2n) is 1.50. The standard InChI is InChI=1S/C6H8S/c1-4-5(2)6(3)7/h1,5H,2-3H3. The fourth-order valence-corrected chi connectivity index (χ4v) is 0.185. The third-order valence-electron chi connectivity index (χ3n) is 0.860. The molecule has 0 aliphatic heterocycles. The maximum atomic E-state index is 5.04. The molecule has 0 bridgehead atoms. The van der Waals surface area contributed by atoms with E-state index in [1.807, 2.05) is 13.8 Å². The van der Waals surface area contributed by atoms with Crippen LogP contribution in [0.15, 0.2) is 0 Å². The quantitative estimate of drug-likeness (QED) is 0.367. The number of hydrogen-bond acceptors (Lipinski definition) is 1. The van der Waals surface area contributed by atoms with Crippen LogP contribution in [0.2, 0.25) is 0 Å². The van der Waals surface area contributed by atoms with E-state index in [1.165, 1.54) is 0 Å². The lowest BCUT2D eigenvalue weighted by Gasteiger charge is -1.94. The molecule has 0 aromatic carbocycles. The van der Waals surface area contributed by atoms with Crippen molar-refractivity contribution < 1.29 is 0 Å². The van der Waals surface area contributed by atoms with Gasteiger partial charge in [0.25, 0.3) is 0 Å². The highest BCUT2D eigenvalue weighted by Gasteiger charge is 1.94. The summed E-state index contributed by atoms with van der Waals surface area (Å²) in [5.41, 5.74) is 0. The first kappa shape index (κ1) is 6.65. The minimum atomic E-state index is 0.162. The monoisotopic (exact) mass is 112 g/mol. The molecule has 0 aliphatic carbocycles. The van der Waals surface area contributed by atoms with E-state index in [2.05, 4.69) is 5.92 Å². The third-order valence-corrected chi connectivity index (χ3v) is 1.21. The van der Waals surface area contributed by atoms with Crippen LogP contribution in [0.1, 0.15) is 13.8 Å². The van der Waals surface area contributed by atoms with Crippen molar-refractivity contribution in [2.45, 2.75) is 13.8 Å². The maximum absolute atomic E-state index is 5.04. The highest BCUT2D eigenvalue weighted by molar-refractivity contribution is 7.80. The van der Waals surface area contributed by atoms with Gasteiger partial charge in [-0.3, -0.25) is 0 Å². The van der Waals surface area contributed by atoms with Crippen molar-refractivity contribution in [1.82, 2.24) is 0 Å². The van der Waals surface area contributed by atoms with E-state index in [1.54, 1.807) is 0 Å². The summed E-state index contributed by atoms with van der Waals surface area (Å²) < 4.78 is 0. The Kier molecular flexibility index (Phi) is 2.62. The minimum absolute atomic E-state index is 0.162. The Morgan fingerprint density at radius 1 is 1.86 bits per heavy atom. The molecule has 0 aromatic rings. The van der Waals surface area contributed by atoms with E-state index in [0.717, 1.165) is 4.86 Å². The van der Waals surface area contributed by atoms with Crippen LogP contribution in [0.3, 0.4) is 0 Å². The Balaban J connectivity index is 3.63. The van der Waals surface area contributed by atoms with Gasteiger partial charge in [0.2, 0.25) is 0 Å². The Hall–Kier alpha value is -0.350. The van der Waals surface area contributed by atoms with Crippen LogP contribution in [0.4, 0.5) is 0 Å². The smallest absolute Gasteiger partial charge is 0.0482 e. The lowest BCUT2D eigenvalue weighted by molar-refractivity contribution is 1.06. The average Bonchev–Trinajstić information content (AvgIpc) is 1.65. The van der Waals surface area contributed by atoms with Crippen molar-refractivity contribution in [2.75, 3.05) is 0 Å². The van der Waals surface area contributed by atoms with Gasteiger partial charge < -0.3 is 0 Å². The fourth-order valence-electron chi connectivity index (χ4n) is 0.117. The molecule has 1 atom stereocenters. The fraction of sp³-hybridized carbons (Fsp3) is 0.500. The molecule has 0 heterocycles. The van der Waals surface area contributed by atoms with E-state index in [4.69, 9.17) is 18.6 Å². The molecule has 0 aliphatic rings. The molecule has 0 N–H and O–H groups in total. The van der Waals surface area contributed by atoms with Gasteiger partial charge in [-0.2, -0.15) is 0 Å². The molecule has 7 heavy (non-hydrogen) atoms. The minimum Gasteiger partial charge on any atom is -0.119 e. The van der Waals surface area contributed by atoms with Crippen LogP contribution in [0.25, 0.3) is 0 Å². The third kappa shape index (κ3) is 2.36. The maximum Gasteiger partial charge on any atom is 0.0482 e. The van der Waals surface area contributed by atoms with E-state index < -0.39 is 0 Å². The van der Waals surface area contributed by atoms with E-state index >= 15 is 0 Å². The Bertz CT molecular complexity index is 108. The predicted octanol–water partition coefficient (Wildman–Crippen LogP) is 1.65. The summed E-state index contributed by atoms with van der Waals surface area (Å²) in [6.45, 7) is 3.78. The summed E-state index contributed by atoms with van der Waals surface area (Å²) in [5.74, 6) is 2.69. The number of terminal acetylenes is 1. The molecular formula is C6H8S. The highest BCUT2D eigenvalue weighted by atomic mass is 32.1. The first-order valence-corrected chi connectivity index (χ1v) is 2.56. The molecular weight excluding hydrogens is 104 g/mol. The van der Waals surface area contributed by atoms with Crippen LogP contribution in [0.5, 0.6) is 0 Å². The Morgan fingerprint density at radius 3 is 2.29 bits per heavy atom. The van der Waals surface area contributed by atoms with Crippen LogP contribution in [-0.4, -0.2) is 4.86 Å². The summed E-state index contributed by atoms with van der Waals surface area (Å²) >= 11 is 4.77. The summed E-state index contributed by atoms with van der Waals surface area (Å²) in [6.07, 6.45) is 5.04. The highest BCUT2D eigenvalue weighted by Crippen LogP contribution is 1.93. The van der Waals surface area contributed by atoms with Crippen LogP contribution in [0, 0.1) is 18.3 Å². The molecule has 0 saturated carbocycles. The topological polar surface area (TPSA) is 0 Å². The number of rotatable bonds is 1. The molecule has 0 spiro atoms. The lowest BCUT2D eigenvalue weighted by Crippen LogP contribution is -1.98. The summed E-state index contributed by atoms with van der Waals surface area (Å²) in [6, 6.07) is 0. The van der Waals surface area contributed by atoms with E-state index in [9.17, 15) is 0 Å². The molecule has 0 radical (unpaired) electrons. The van der Waals surface area contributed by atoms with E-state index in [-0.39, 0.29) is 5.92 Å². The van der Waals surface area contributed by atoms with Gasteiger partial charge in [0.05, 0.1) is 0 Å². The second-order valence-corrected chi connectivity index (χ2v) is 2.14. The molecule has 0 aromatic heterocycles. The first-order chi connectivity index (χ1) is 3.18. The number of hydrogen-bond donors (Lipinski definition) is 0. The Morgan fingerprint density at radius 2 is 2.29 bits per heavy atom. The first-order valence-electron chi connectivity index (χ1n) is 2.15. The van der Waals surface area contributed by atoms with Crippen molar-refractivity contribution in [3.63, 3.8) is 0 Å². The van der Waals surface area contributed by atoms with Gasteiger partial charge in [0, 0.05) is 10.8 Å². The van der Waals surface area contributed by atoms with Gasteiger partial charge in [-0.05, 0) is 13.8 Å². The van der Waals surface area contributed by atoms with Crippen LogP contribution >= 0.6 is 12.2 Å². The second kappa shape index (κ2) is 2.76. The Labute approximate surface area is 49.9 Å². The molecule has 0 saturated heterocycles. The van der Waals surface area contributed by atoms with Crippen molar-refractivity contribution in [1.29, 1.82) is 0 Å². The van der Waals surface area contributed by atoms with Gasteiger partial charge in [0.15, 0.2) is 0 Å². The molecule has 0 rings (SSSR count). The molecule has 1 heteroatoms. The number of thiocarbonyl (C=S) groups is 1. The van der Waals surface area contributed by atoms with Gasteiger partial charge in [-0.15, -0.1) is 6.42 Å². The van der Waals surface area contributed by atoms with Crippen molar-refractivity contribution >= 4 is 17.1 Å².